The van der Waals surface area contributed by atoms with E-state index in [1.54, 1.807) is 12.1 Å². The van der Waals surface area contributed by atoms with Gasteiger partial charge in [-0.25, -0.2) is 8.78 Å². The topological polar surface area (TPSA) is 28.7 Å². The first-order valence-corrected chi connectivity index (χ1v) is 5.55. The molecule has 0 amide bonds. The van der Waals surface area contributed by atoms with Gasteiger partial charge >= 0.3 is 0 Å². The summed E-state index contributed by atoms with van der Waals surface area (Å²) in [6.07, 6.45) is 0. The van der Waals surface area contributed by atoms with E-state index in [-0.39, 0.29) is 11.6 Å². The van der Waals surface area contributed by atoms with Crippen LogP contribution in [0.15, 0.2) is 36.4 Å². The van der Waals surface area contributed by atoms with Crippen LogP contribution in [0.2, 0.25) is 0 Å². The van der Waals surface area contributed by atoms with E-state index in [0.717, 1.165) is 5.56 Å². The van der Waals surface area contributed by atoms with Crippen molar-refractivity contribution in [1.29, 1.82) is 0 Å². The Morgan fingerprint density at radius 1 is 1.11 bits per heavy atom. The minimum Gasteiger partial charge on any atom is -0.274 e. The smallest absolute Gasteiger partial charge is 0.149 e. The normalized spacial score (nSPS) is 11.1. The van der Waals surface area contributed by atoms with Crippen LogP contribution in [0.5, 0.6) is 0 Å². The number of fused-ring (bicyclic) bond motifs is 1. The highest BCUT2D eigenvalue weighted by Crippen LogP contribution is 2.28. The molecule has 3 aromatic rings. The van der Waals surface area contributed by atoms with Gasteiger partial charge in [-0.15, -0.1) is 0 Å². The van der Waals surface area contributed by atoms with Gasteiger partial charge < -0.3 is 0 Å². The van der Waals surface area contributed by atoms with Crippen LogP contribution in [-0.4, -0.2) is 10.2 Å². The van der Waals surface area contributed by atoms with Crippen LogP contribution in [0.4, 0.5) is 8.78 Å². The highest BCUT2D eigenvalue weighted by molar-refractivity contribution is 5.93. The van der Waals surface area contributed by atoms with E-state index < -0.39 is 0 Å². The number of aromatic amines is 1. The van der Waals surface area contributed by atoms with Gasteiger partial charge in [0.1, 0.15) is 22.8 Å². The van der Waals surface area contributed by atoms with Gasteiger partial charge in [0.25, 0.3) is 0 Å². The van der Waals surface area contributed by atoms with Gasteiger partial charge in [-0.2, -0.15) is 5.10 Å². The zero-order valence-electron chi connectivity index (χ0n) is 9.67. The quantitative estimate of drug-likeness (QED) is 0.692. The molecular weight excluding hydrogens is 234 g/mol. The van der Waals surface area contributed by atoms with Gasteiger partial charge in [-0.3, -0.25) is 5.10 Å². The van der Waals surface area contributed by atoms with Crippen molar-refractivity contribution in [2.75, 3.05) is 0 Å². The summed E-state index contributed by atoms with van der Waals surface area (Å²) in [7, 11) is 0. The molecule has 0 saturated heterocycles. The molecule has 0 unspecified atom stereocenters. The maximum absolute atomic E-state index is 13.7. The molecule has 18 heavy (non-hydrogen) atoms. The standard InChI is InChI=1S/C14H10F2N2/c1-8-5-11-13(9-3-2-4-10(15)7-9)17-18-14(11)12(16)6-8/h2-7H,1H3,(H,17,18). The number of aromatic nitrogens is 2. The molecule has 1 heterocycles. The molecular formula is C14H10F2N2. The summed E-state index contributed by atoms with van der Waals surface area (Å²) in [5.74, 6) is -0.683. The zero-order chi connectivity index (χ0) is 12.7. The molecule has 0 aliphatic carbocycles. The van der Waals surface area contributed by atoms with E-state index >= 15 is 0 Å². The Balaban J connectivity index is 2.30. The summed E-state index contributed by atoms with van der Waals surface area (Å²) < 4.78 is 26.9. The number of hydrogen-bond donors (Lipinski definition) is 1. The number of hydrogen-bond acceptors (Lipinski definition) is 1. The molecule has 1 N–H and O–H groups in total. The Morgan fingerprint density at radius 3 is 2.72 bits per heavy atom. The third-order valence-corrected chi connectivity index (χ3v) is 2.87. The summed E-state index contributed by atoms with van der Waals surface area (Å²) in [6, 6.07) is 9.38. The Hall–Kier alpha value is -2.23. The van der Waals surface area contributed by atoms with Crippen molar-refractivity contribution < 1.29 is 8.78 Å². The minimum absolute atomic E-state index is 0.336. The first kappa shape index (κ1) is 10.9. The largest absolute Gasteiger partial charge is 0.274 e. The molecule has 3 rings (SSSR count). The summed E-state index contributed by atoms with van der Waals surface area (Å²) in [5, 5.41) is 7.40. The minimum atomic E-state index is -0.347. The number of halogens is 2. The Labute approximate surface area is 102 Å². The molecule has 90 valence electrons. The molecule has 2 aromatic carbocycles. The van der Waals surface area contributed by atoms with Crippen LogP contribution in [0, 0.1) is 18.6 Å². The Bertz CT molecular complexity index is 732. The van der Waals surface area contributed by atoms with E-state index in [1.165, 1.54) is 18.2 Å². The van der Waals surface area contributed by atoms with Crippen molar-refractivity contribution >= 4 is 10.9 Å². The number of nitrogens with zero attached hydrogens (tertiary/aromatic N) is 1. The van der Waals surface area contributed by atoms with E-state index in [4.69, 9.17) is 0 Å². The zero-order valence-corrected chi connectivity index (χ0v) is 9.67. The van der Waals surface area contributed by atoms with Crippen LogP contribution < -0.4 is 0 Å². The van der Waals surface area contributed by atoms with E-state index in [2.05, 4.69) is 10.2 Å². The van der Waals surface area contributed by atoms with E-state index in [0.29, 0.717) is 22.2 Å². The van der Waals surface area contributed by atoms with E-state index in [9.17, 15) is 8.78 Å². The van der Waals surface area contributed by atoms with Gasteiger partial charge in [0.05, 0.1) is 0 Å². The SMILES string of the molecule is Cc1cc(F)c2[nH]nc(-c3cccc(F)c3)c2c1. The van der Waals surface area contributed by atoms with Crippen molar-refractivity contribution in [3.05, 3.63) is 53.6 Å². The van der Waals surface area contributed by atoms with Crippen molar-refractivity contribution in [1.82, 2.24) is 10.2 Å². The Kier molecular flexibility index (Phi) is 2.37. The highest BCUT2D eigenvalue weighted by Gasteiger charge is 2.12. The molecule has 1 aromatic heterocycles. The molecule has 0 fully saturated rings. The van der Waals surface area contributed by atoms with Crippen LogP contribution in [0.1, 0.15) is 5.56 Å². The lowest BCUT2D eigenvalue weighted by Gasteiger charge is -1.99. The summed E-state index contributed by atoms with van der Waals surface area (Å²) in [5.41, 5.74) is 2.34. The molecule has 4 heteroatoms. The number of benzene rings is 2. The average Bonchev–Trinajstić information content (AvgIpc) is 2.72. The Morgan fingerprint density at radius 2 is 1.94 bits per heavy atom. The maximum atomic E-state index is 13.7. The lowest BCUT2D eigenvalue weighted by Crippen LogP contribution is -1.82. The number of aryl methyl sites for hydroxylation is 1. The van der Waals surface area contributed by atoms with Gasteiger partial charge in [-0.1, -0.05) is 12.1 Å². The van der Waals surface area contributed by atoms with Gasteiger partial charge in [-0.05, 0) is 36.8 Å². The molecule has 0 atom stereocenters. The monoisotopic (exact) mass is 244 g/mol. The maximum Gasteiger partial charge on any atom is 0.149 e. The fourth-order valence-electron chi connectivity index (χ4n) is 2.07. The predicted octanol–water partition coefficient (Wildman–Crippen LogP) is 3.82. The number of rotatable bonds is 1. The van der Waals surface area contributed by atoms with Gasteiger partial charge in [0.2, 0.25) is 0 Å². The molecule has 0 aliphatic rings. The summed E-state index contributed by atoms with van der Waals surface area (Å²) >= 11 is 0. The second kappa shape index (κ2) is 3.91. The van der Waals surface area contributed by atoms with Crippen LogP contribution >= 0.6 is 0 Å². The van der Waals surface area contributed by atoms with Crippen molar-refractivity contribution in [3.63, 3.8) is 0 Å². The molecule has 0 aliphatic heterocycles. The third kappa shape index (κ3) is 1.66. The third-order valence-electron chi connectivity index (χ3n) is 2.87. The van der Waals surface area contributed by atoms with Crippen molar-refractivity contribution in [3.8, 4) is 11.3 Å². The molecule has 0 radical (unpaired) electrons. The van der Waals surface area contributed by atoms with Crippen molar-refractivity contribution in [2.24, 2.45) is 0 Å². The fourth-order valence-corrected chi connectivity index (χ4v) is 2.07. The predicted molar refractivity (Wildman–Crippen MR) is 66.2 cm³/mol. The lowest BCUT2D eigenvalue weighted by molar-refractivity contribution is 0.628. The van der Waals surface area contributed by atoms with Gasteiger partial charge in [0, 0.05) is 10.9 Å². The highest BCUT2D eigenvalue weighted by atomic mass is 19.1. The second-order valence-corrected chi connectivity index (χ2v) is 4.25. The summed E-state index contributed by atoms with van der Waals surface area (Å²) in [6.45, 7) is 1.81. The number of nitrogens with one attached hydrogen (secondary N) is 1. The lowest BCUT2D eigenvalue weighted by atomic mass is 10.1. The first-order valence-electron chi connectivity index (χ1n) is 5.55. The first-order chi connectivity index (χ1) is 8.65. The fraction of sp³-hybridized carbons (Fsp3) is 0.0714. The molecule has 0 bridgehead atoms. The molecule has 2 nitrogen and oxygen atoms in total. The van der Waals surface area contributed by atoms with Crippen LogP contribution in [0.3, 0.4) is 0 Å². The van der Waals surface area contributed by atoms with Gasteiger partial charge in [0.15, 0.2) is 0 Å². The van der Waals surface area contributed by atoms with E-state index in [1.807, 2.05) is 13.0 Å². The molecule has 0 saturated carbocycles. The second-order valence-electron chi connectivity index (χ2n) is 4.25. The van der Waals surface area contributed by atoms with Crippen LogP contribution in [-0.2, 0) is 0 Å². The average molecular weight is 244 g/mol. The van der Waals surface area contributed by atoms with Crippen molar-refractivity contribution in [2.45, 2.75) is 6.92 Å². The number of H-pyrrole nitrogens is 1. The van der Waals surface area contributed by atoms with Crippen LogP contribution in [0.25, 0.3) is 22.2 Å². The molecule has 0 spiro atoms. The summed E-state index contributed by atoms with van der Waals surface area (Å²) in [4.78, 5) is 0.